The zero-order valence-electron chi connectivity index (χ0n) is 13.0. The van der Waals surface area contributed by atoms with Gasteiger partial charge < -0.3 is 14.4 Å². The van der Waals surface area contributed by atoms with Gasteiger partial charge in [0.1, 0.15) is 11.5 Å². The molecule has 0 amide bonds. The predicted octanol–water partition coefficient (Wildman–Crippen LogP) is 3.50. The van der Waals surface area contributed by atoms with E-state index >= 15 is 0 Å². The molecule has 0 spiro atoms. The molecule has 0 heterocycles. The third-order valence-corrected chi connectivity index (χ3v) is 3.45. The summed E-state index contributed by atoms with van der Waals surface area (Å²) >= 11 is 0. The maximum Gasteiger partial charge on any atom is 0.127 e. The van der Waals surface area contributed by atoms with Crippen LogP contribution < -0.4 is 9.47 Å². The van der Waals surface area contributed by atoms with Crippen LogP contribution in [0.25, 0.3) is 0 Å². The van der Waals surface area contributed by atoms with Crippen molar-refractivity contribution in [2.24, 2.45) is 0 Å². The number of methoxy groups -OCH3 is 2. The van der Waals surface area contributed by atoms with Crippen molar-refractivity contribution in [2.75, 3.05) is 27.8 Å². The topological polar surface area (TPSA) is 21.7 Å². The number of hydrogen-bond donors (Lipinski definition) is 0. The summed E-state index contributed by atoms with van der Waals surface area (Å²) in [7, 11) is 5.56. The Balaban J connectivity index is 3.06. The summed E-state index contributed by atoms with van der Waals surface area (Å²) in [6.07, 6.45) is 3.47. The lowest BCUT2D eigenvalue weighted by Gasteiger charge is -2.20. The molecule has 0 N–H and O–H groups in total. The van der Waals surface area contributed by atoms with Gasteiger partial charge in [0.15, 0.2) is 0 Å². The molecule has 0 bridgehead atoms. The Morgan fingerprint density at radius 1 is 1.05 bits per heavy atom. The van der Waals surface area contributed by atoms with E-state index in [1.165, 1.54) is 18.4 Å². The summed E-state index contributed by atoms with van der Waals surface area (Å²) in [5.74, 6) is 1.87. The van der Waals surface area contributed by atoms with Gasteiger partial charge in [-0.25, -0.2) is 0 Å². The van der Waals surface area contributed by atoms with Gasteiger partial charge in [-0.2, -0.15) is 0 Å². The van der Waals surface area contributed by atoms with Gasteiger partial charge in [0, 0.05) is 6.54 Å². The molecule has 0 atom stereocenters. The van der Waals surface area contributed by atoms with Crippen LogP contribution in [0.4, 0.5) is 0 Å². The molecular formula is C16H27NO2. The predicted molar refractivity (Wildman–Crippen MR) is 80.2 cm³/mol. The first-order valence-corrected chi connectivity index (χ1v) is 7.08. The minimum Gasteiger partial charge on any atom is -0.496 e. The van der Waals surface area contributed by atoms with E-state index in [0.29, 0.717) is 0 Å². The van der Waals surface area contributed by atoms with Crippen molar-refractivity contribution in [3.63, 3.8) is 0 Å². The molecule has 1 rings (SSSR count). The van der Waals surface area contributed by atoms with Crippen molar-refractivity contribution < 1.29 is 9.47 Å². The number of hydrogen-bond acceptors (Lipinski definition) is 3. The average Bonchev–Trinajstić information content (AvgIpc) is 2.45. The Bertz CT molecular complexity index is 365. The summed E-state index contributed by atoms with van der Waals surface area (Å²) < 4.78 is 11.1. The molecule has 0 saturated heterocycles. The fourth-order valence-corrected chi connectivity index (χ4v) is 2.10. The molecule has 3 heteroatoms. The Kier molecular flexibility index (Phi) is 6.71. The minimum atomic E-state index is 0.844. The summed E-state index contributed by atoms with van der Waals surface area (Å²) in [5, 5.41) is 0. The lowest BCUT2D eigenvalue weighted by molar-refractivity contribution is 0.319. The maximum absolute atomic E-state index is 5.55. The monoisotopic (exact) mass is 265 g/mol. The van der Waals surface area contributed by atoms with E-state index < -0.39 is 0 Å². The smallest absolute Gasteiger partial charge is 0.127 e. The second kappa shape index (κ2) is 8.05. The Hall–Kier alpha value is -1.22. The van der Waals surface area contributed by atoms with E-state index in [0.717, 1.165) is 36.6 Å². The van der Waals surface area contributed by atoms with Gasteiger partial charge in [-0.05, 0) is 44.1 Å². The van der Waals surface area contributed by atoms with Crippen molar-refractivity contribution in [3.05, 3.63) is 23.3 Å². The second-order valence-electron chi connectivity index (χ2n) is 4.91. The van der Waals surface area contributed by atoms with E-state index in [-0.39, 0.29) is 0 Å². The van der Waals surface area contributed by atoms with Gasteiger partial charge >= 0.3 is 0 Å². The zero-order chi connectivity index (χ0) is 14.3. The highest BCUT2D eigenvalue weighted by Gasteiger charge is 2.13. The number of unbranched alkanes of at least 4 members (excludes halogenated alkanes) is 1. The van der Waals surface area contributed by atoms with Crippen molar-refractivity contribution in [3.8, 4) is 11.5 Å². The van der Waals surface area contributed by atoms with Gasteiger partial charge in [-0.1, -0.05) is 20.3 Å². The zero-order valence-corrected chi connectivity index (χ0v) is 13.0. The summed E-state index contributed by atoms with van der Waals surface area (Å²) in [4.78, 5) is 2.24. The molecule has 0 unspecified atom stereocenters. The van der Waals surface area contributed by atoms with Crippen molar-refractivity contribution >= 4 is 0 Å². The standard InChI is InChI=1S/C16H27NO2/c1-6-8-9-13-10-15(18-4)14(12-17(3)7-2)16(11-13)19-5/h10-11H,6-9,12H2,1-5H3. The molecule has 19 heavy (non-hydrogen) atoms. The second-order valence-corrected chi connectivity index (χ2v) is 4.91. The van der Waals surface area contributed by atoms with Crippen LogP contribution in [0.5, 0.6) is 11.5 Å². The summed E-state index contributed by atoms with van der Waals surface area (Å²) in [6.45, 7) is 6.20. The molecule has 0 saturated carbocycles. The Morgan fingerprint density at radius 3 is 2.05 bits per heavy atom. The lowest BCUT2D eigenvalue weighted by Crippen LogP contribution is -2.18. The molecular weight excluding hydrogens is 238 g/mol. The molecule has 1 aromatic carbocycles. The molecule has 0 radical (unpaired) electrons. The summed E-state index contributed by atoms with van der Waals surface area (Å²) in [5.41, 5.74) is 2.42. The Morgan fingerprint density at radius 2 is 1.63 bits per heavy atom. The first-order valence-electron chi connectivity index (χ1n) is 7.08. The van der Waals surface area contributed by atoms with Crippen LogP contribution in [0, 0.1) is 0 Å². The molecule has 3 nitrogen and oxygen atoms in total. The van der Waals surface area contributed by atoms with Crippen LogP contribution in [0.2, 0.25) is 0 Å². The van der Waals surface area contributed by atoms with Crippen LogP contribution in [0.1, 0.15) is 37.8 Å². The van der Waals surface area contributed by atoms with Gasteiger partial charge in [0.2, 0.25) is 0 Å². The van der Waals surface area contributed by atoms with E-state index in [2.05, 4.69) is 37.9 Å². The molecule has 1 aromatic rings. The van der Waals surface area contributed by atoms with Crippen LogP contribution in [-0.2, 0) is 13.0 Å². The normalized spacial score (nSPS) is 10.8. The maximum atomic E-state index is 5.55. The quantitative estimate of drug-likeness (QED) is 0.718. The Labute approximate surface area is 117 Å². The van der Waals surface area contributed by atoms with Crippen molar-refractivity contribution in [2.45, 2.75) is 39.7 Å². The first-order chi connectivity index (χ1) is 9.15. The van der Waals surface area contributed by atoms with Crippen LogP contribution in [0.3, 0.4) is 0 Å². The van der Waals surface area contributed by atoms with Crippen molar-refractivity contribution in [1.29, 1.82) is 0 Å². The molecule has 0 aliphatic heterocycles. The largest absolute Gasteiger partial charge is 0.496 e. The molecule has 0 aliphatic carbocycles. The number of ether oxygens (including phenoxy) is 2. The van der Waals surface area contributed by atoms with Crippen LogP contribution in [-0.4, -0.2) is 32.7 Å². The third-order valence-electron chi connectivity index (χ3n) is 3.45. The number of rotatable bonds is 8. The van der Waals surface area contributed by atoms with Crippen LogP contribution >= 0.6 is 0 Å². The SMILES string of the molecule is CCCCc1cc(OC)c(CN(C)CC)c(OC)c1. The average molecular weight is 265 g/mol. The van der Waals surface area contributed by atoms with Gasteiger partial charge in [-0.3, -0.25) is 0 Å². The van der Waals surface area contributed by atoms with Gasteiger partial charge in [0.05, 0.1) is 19.8 Å². The van der Waals surface area contributed by atoms with E-state index in [1.807, 2.05) is 0 Å². The fraction of sp³-hybridized carbons (Fsp3) is 0.625. The fourth-order valence-electron chi connectivity index (χ4n) is 2.10. The molecule has 0 aliphatic rings. The number of nitrogens with zero attached hydrogens (tertiary/aromatic N) is 1. The van der Waals surface area contributed by atoms with E-state index in [4.69, 9.17) is 9.47 Å². The molecule has 108 valence electrons. The highest BCUT2D eigenvalue weighted by molar-refractivity contribution is 5.48. The van der Waals surface area contributed by atoms with E-state index in [1.54, 1.807) is 14.2 Å². The lowest BCUT2D eigenvalue weighted by atomic mass is 10.0. The summed E-state index contributed by atoms with van der Waals surface area (Å²) in [6, 6.07) is 4.30. The van der Waals surface area contributed by atoms with Crippen LogP contribution in [0.15, 0.2) is 12.1 Å². The highest BCUT2D eigenvalue weighted by Crippen LogP contribution is 2.32. The highest BCUT2D eigenvalue weighted by atomic mass is 16.5. The van der Waals surface area contributed by atoms with E-state index in [9.17, 15) is 0 Å². The third kappa shape index (κ3) is 4.43. The number of benzene rings is 1. The molecule has 0 aromatic heterocycles. The molecule has 0 fully saturated rings. The van der Waals surface area contributed by atoms with Gasteiger partial charge in [0.25, 0.3) is 0 Å². The van der Waals surface area contributed by atoms with Gasteiger partial charge in [-0.15, -0.1) is 0 Å². The number of aryl methyl sites for hydroxylation is 1. The first kappa shape index (κ1) is 15.8. The van der Waals surface area contributed by atoms with Crippen molar-refractivity contribution in [1.82, 2.24) is 4.90 Å². The minimum absolute atomic E-state index is 0.844.